The fraction of sp³-hybridized carbons (Fsp3) is 0.0435. The Bertz CT molecular complexity index is 1140. The lowest BCUT2D eigenvalue weighted by atomic mass is 10.1. The number of hydrogen-bond donors (Lipinski definition) is 0. The average molecular weight is 499 g/mol. The largest absolute Gasteiger partial charge is 0.488 e. The number of carbonyl (C=O) groups is 1. The number of benzene rings is 3. The molecule has 6 heteroatoms. The molecule has 0 spiro atoms. The number of nitrogens with zero attached hydrogens (tertiary/aromatic N) is 1. The van der Waals surface area contributed by atoms with Crippen LogP contribution < -0.4 is 4.74 Å². The lowest BCUT2D eigenvalue weighted by Gasteiger charge is -2.09. The van der Waals surface area contributed by atoms with Gasteiger partial charge in [0.15, 0.2) is 5.70 Å². The monoisotopic (exact) mass is 499 g/mol. The quantitative estimate of drug-likeness (QED) is 0.270. The van der Waals surface area contributed by atoms with Crippen molar-refractivity contribution >= 4 is 40.5 Å². The summed E-state index contributed by atoms with van der Waals surface area (Å²) < 4.78 is 26.2. The van der Waals surface area contributed by atoms with Crippen LogP contribution in [-0.2, 0) is 16.1 Å². The van der Waals surface area contributed by atoms with E-state index < -0.39 is 11.8 Å². The van der Waals surface area contributed by atoms with Gasteiger partial charge in [-0.05, 0) is 64.6 Å². The highest BCUT2D eigenvalue weighted by Gasteiger charge is 2.26. The van der Waals surface area contributed by atoms with E-state index in [0.717, 1.165) is 9.13 Å². The minimum atomic E-state index is -0.629. The Morgan fingerprint density at radius 2 is 1.83 bits per heavy atom. The molecule has 1 aliphatic rings. The number of halogens is 2. The minimum absolute atomic E-state index is 0.0448. The molecule has 0 fully saturated rings. The predicted molar refractivity (Wildman–Crippen MR) is 117 cm³/mol. The summed E-state index contributed by atoms with van der Waals surface area (Å²) in [5.41, 5.74) is 1.96. The van der Waals surface area contributed by atoms with Gasteiger partial charge in [0.2, 0.25) is 5.90 Å². The number of aliphatic imine (C=N–C) groups is 1. The van der Waals surface area contributed by atoms with E-state index in [2.05, 4.69) is 27.6 Å². The van der Waals surface area contributed by atoms with Crippen molar-refractivity contribution in [1.29, 1.82) is 0 Å². The summed E-state index contributed by atoms with van der Waals surface area (Å²) in [6.45, 7) is 0.394. The first kappa shape index (κ1) is 19.3. The third-order valence-corrected chi connectivity index (χ3v) is 4.89. The zero-order chi connectivity index (χ0) is 20.2. The van der Waals surface area contributed by atoms with Crippen LogP contribution in [0.25, 0.3) is 6.08 Å². The first-order chi connectivity index (χ1) is 14.1. The number of para-hydroxylation sites is 1. The van der Waals surface area contributed by atoms with Crippen LogP contribution in [0, 0.1) is 9.39 Å². The van der Waals surface area contributed by atoms with E-state index in [9.17, 15) is 9.18 Å². The van der Waals surface area contributed by atoms with Gasteiger partial charge in [0.25, 0.3) is 0 Å². The molecular weight excluding hydrogens is 484 g/mol. The second-order valence-electron chi connectivity index (χ2n) is 6.27. The number of rotatable bonds is 5. The topological polar surface area (TPSA) is 47.9 Å². The van der Waals surface area contributed by atoms with Crippen LogP contribution in [-0.4, -0.2) is 11.9 Å². The Morgan fingerprint density at radius 1 is 1.03 bits per heavy atom. The van der Waals surface area contributed by atoms with Gasteiger partial charge in [0.05, 0.1) is 5.56 Å². The standard InChI is InChI=1S/C23H15FINO3/c24-19-10-3-2-9-18(19)22-26-20(23(27)29-22)13-16-7-1-4-11-21(16)28-14-15-6-5-8-17(25)12-15/h1-13H,14H2/b20-13-. The van der Waals surface area contributed by atoms with E-state index in [-0.39, 0.29) is 17.2 Å². The van der Waals surface area contributed by atoms with Crippen molar-refractivity contribution in [1.82, 2.24) is 0 Å². The van der Waals surface area contributed by atoms with E-state index in [0.29, 0.717) is 17.9 Å². The van der Waals surface area contributed by atoms with Crippen molar-refractivity contribution in [3.63, 3.8) is 0 Å². The maximum Gasteiger partial charge on any atom is 0.363 e. The Morgan fingerprint density at radius 3 is 2.66 bits per heavy atom. The number of cyclic esters (lactones) is 1. The normalized spacial score (nSPS) is 14.6. The van der Waals surface area contributed by atoms with Crippen LogP contribution >= 0.6 is 22.6 Å². The lowest BCUT2D eigenvalue weighted by Crippen LogP contribution is -2.07. The van der Waals surface area contributed by atoms with Crippen molar-refractivity contribution in [3.8, 4) is 5.75 Å². The fourth-order valence-corrected chi connectivity index (χ4v) is 3.43. The number of hydrogen-bond acceptors (Lipinski definition) is 4. The van der Waals surface area contributed by atoms with Gasteiger partial charge in [0, 0.05) is 9.13 Å². The van der Waals surface area contributed by atoms with E-state index in [1.54, 1.807) is 18.2 Å². The molecule has 4 rings (SSSR count). The second-order valence-corrected chi connectivity index (χ2v) is 7.52. The van der Waals surface area contributed by atoms with Crippen LogP contribution in [0.5, 0.6) is 5.75 Å². The van der Waals surface area contributed by atoms with Gasteiger partial charge in [-0.1, -0.05) is 42.5 Å². The molecule has 0 aromatic heterocycles. The summed E-state index contributed by atoms with van der Waals surface area (Å²) in [6, 6.07) is 21.4. The minimum Gasteiger partial charge on any atom is -0.488 e. The maximum atomic E-state index is 14.0. The Hall–Kier alpha value is -3.00. The first-order valence-electron chi connectivity index (χ1n) is 8.84. The molecule has 0 saturated heterocycles. The van der Waals surface area contributed by atoms with Crippen molar-refractivity contribution < 1.29 is 18.7 Å². The van der Waals surface area contributed by atoms with Crippen molar-refractivity contribution in [2.24, 2.45) is 4.99 Å². The summed E-state index contributed by atoms with van der Waals surface area (Å²) >= 11 is 2.25. The Balaban J connectivity index is 1.60. The van der Waals surface area contributed by atoms with Gasteiger partial charge in [-0.2, -0.15) is 0 Å². The molecule has 0 aliphatic carbocycles. The molecular formula is C23H15FINO3. The smallest absolute Gasteiger partial charge is 0.363 e. The SMILES string of the molecule is O=C1OC(c2ccccc2F)=N/C1=C\c1ccccc1OCc1cccc(I)c1. The fourth-order valence-electron chi connectivity index (χ4n) is 2.83. The molecule has 3 aromatic carbocycles. The molecule has 3 aromatic rings. The van der Waals surface area contributed by atoms with Gasteiger partial charge in [-0.3, -0.25) is 0 Å². The lowest BCUT2D eigenvalue weighted by molar-refractivity contribution is -0.129. The zero-order valence-electron chi connectivity index (χ0n) is 15.1. The molecule has 0 unspecified atom stereocenters. The van der Waals surface area contributed by atoms with Gasteiger partial charge < -0.3 is 9.47 Å². The number of carbonyl (C=O) groups excluding carboxylic acids is 1. The van der Waals surface area contributed by atoms with Crippen LogP contribution in [0.3, 0.4) is 0 Å². The molecule has 0 bridgehead atoms. The Kier molecular flexibility index (Phi) is 5.71. The third-order valence-electron chi connectivity index (χ3n) is 4.22. The molecule has 1 aliphatic heterocycles. The molecule has 0 N–H and O–H groups in total. The van der Waals surface area contributed by atoms with Crippen molar-refractivity contribution in [3.05, 3.63) is 105 Å². The van der Waals surface area contributed by atoms with Gasteiger partial charge in [0.1, 0.15) is 18.2 Å². The van der Waals surface area contributed by atoms with Gasteiger partial charge >= 0.3 is 5.97 Å². The van der Waals surface area contributed by atoms with Crippen LogP contribution in [0.4, 0.5) is 4.39 Å². The highest BCUT2D eigenvalue weighted by atomic mass is 127. The van der Waals surface area contributed by atoms with Crippen LogP contribution in [0.15, 0.2) is 83.5 Å². The van der Waals surface area contributed by atoms with E-state index in [1.807, 2.05) is 48.5 Å². The highest BCUT2D eigenvalue weighted by molar-refractivity contribution is 14.1. The summed E-state index contributed by atoms with van der Waals surface area (Å²) in [4.78, 5) is 16.4. The Labute approximate surface area is 180 Å². The highest BCUT2D eigenvalue weighted by Crippen LogP contribution is 2.26. The molecule has 0 atom stereocenters. The zero-order valence-corrected chi connectivity index (χ0v) is 17.3. The predicted octanol–water partition coefficient (Wildman–Crippen LogP) is 5.35. The maximum absolute atomic E-state index is 14.0. The second kappa shape index (κ2) is 8.57. The first-order valence-corrected chi connectivity index (χ1v) is 9.92. The third kappa shape index (κ3) is 4.54. The van der Waals surface area contributed by atoms with Crippen molar-refractivity contribution in [2.45, 2.75) is 6.61 Å². The van der Waals surface area contributed by atoms with E-state index >= 15 is 0 Å². The van der Waals surface area contributed by atoms with Crippen molar-refractivity contribution in [2.75, 3.05) is 0 Å². The molecule has 0 radical (unpaired) electrons. The summed E-state index contributed by atoms with van der Waals surface area (Å²) in [5.74, 6) is -0.560. The van der Waals surface area contributed by atoms with E-state index in [4.69, 9.17) is 9.47 Å². The molecule has 0 amide bonds. The molecule has 0 saturated carbocycles. The molecule has 1 heterocycles. The number of ether oxygens (including phenoxy) is 2. The average Bonchev–Trinajstić information content (AvgIpc) is 3.08. The summed E-state index contributed by atoms with van der Waals surface area (Å²) in [7, 11) is 0. The number of esters is 1. The van der Waals surface area contributed by atoms with Gasteiger partial charge in [-0.15, -0.1) is 0 Å². The van der Waals surface area contributed by atoms with Crippen LogP contribution in [0.1, 0.15) is 16.7 Å². The summed E-state index contributed by atoms with van der Waals surface area (Å²) in [5, 5.41) is 0. The van der Waals surface area contributed by atoms with Crippen LogP contribution in [0.2, 0.25) is 0 Å². The van der Waals surface area contributed by atoms with E-state index in [1.165, 1.54) is 12.1 Å². The van der Waals surface area contributed by atoms with Gasteiger partial charge in [-0.25, -0.2) is 14.2 Å². The molecule has 4 nitrogen and oxygen atoms in total. The molecule has 144 valence electrons. The molecule has 29 heavy (non-hydrogen) atoms. The summed E-state index contributed by atoms with van der Waals surface area (Å²) in [6.07, 6.45) is 1.58.